The van der Waals surface area contributed by atoms with Crippen LogP contribution in [0.15, 0.2) is 36.7 Å². The Morgan fingerprint density at radius 1 is 1.20 bits per heavy atom. The molecule has 3 nitrogen and oxygen atoms in total. The van der Waals surface area contributed by atoms with Gasteiger partial charge in [0.1, 0.15) is 0 Å². The summed E-state index contributed by atoms with van der Waals surface area (Å²) in [5, 5.41) is 3.50. The Balaban J connectivity index is 1.69. The van der Waals surface area contributed by atoms with Crippen molar-refractivity contribution in [1.29, 1.82) is 0 Å². The number of benzene rings is 1. The van der Waals surface area contributed by atoms with Gasteiger partial charge in [-0.2, -0.15) is 0 Å². The minimum absolute atomic E-state index is 0.630. The second-order valence-electron chi connectivity index (χ2n) is 5.73. The normalized spacial score (nSPS) is 16.2. The van der Waals surface area contributed by atoms with Gasteiger partial charge in [0.25, 0.3) is 0 Å². The van der Waals surface area contributed by atoms with Crippen LogP contribution in [0.25, 0.3) is 0 Å². The second kappa shape index (κ2) is 6.12. The molecule has 0 saturated heterocycles. The lowest BCUT2D eigenvalue weighted by Gasteiger charge is -2.24. The summed E-state index contributed by atoms with van der Waals surface area (Å²) >= 11 is 0. The van der Waals surface area contributed by atoms with Crippen LogP contribution in [0.4, 0.5) is 5.95 Å². The number of aromatic nitrogens is 2. The average molecular weight is 269 g/mol. The van der Waals surface area contributed by atoms with E-state index in [9.17, 15) is 0 Å². The van der Waals surface area contributed by atoms with Crippen LogP contribution in [0.5, 0.6) is 0 Å². The van der Waals surface area contributed by atoms with Gasteiger partial charge in [0.05, 0.1) is 0 Å². The smallest absolute Gasteiger partial charge is 0.203 e. The predicted molar refractivity (Wildman–Crippen MR) is 82.9 cm³/mol. The van der Waals surface area contributed by atoms with Crippen LogP contribution in [0, 0.1) is 6.92 Å². The molecule has 1 N–H and O–H groups in total. The molecule has 0 spiro atoms. The Morgan fingerprint density at radius 2 is 2.00 bits per heavy atom. The maximum atomic E-state index is 4.49. The van der Waals surface area contributed by atoms with Crippen LogP contribution in [-0.4, -0.2) is 9.55 Å². The first-order valence-electron chi connectivity index (χ1n) is 7.66. The second-order valence-corrected chi connectivity index (χ2v) is 5.73. The molecule has 0 radical (unpaired) electrons. The first-order valence-corrected chi connectivity index (χ1v) is 7.66. The van der Waals surface area contributed by atoms with Crippen molar-refractivity contribution in [3.8, 4) is 0 Å². The van der Waals surface area contributed by atoms with Crippen LogP contribution >= 0.6 is 0 Å². The molecule has 106 valence electrons. The van der Waals surface area contributed by atoms with Crippen LogP contribution in [0.1, 0.15) is 49.3 Å². The van der Waals surface area contributed by atoms with Gasteiger partial charge >= 0.3 is 0 Å². The summed E-state index contributed by atoms with van der Waals surface area (Å²) in [6.07, 6.45) is 10.7. The molecule has 1 aliphatic carbocycles. The molecule has 1 saturated carbocycles. The third-order valence-electron chi connectivity index (χ3n) is 4.33. The Hall–Kier alpha value is -1.77. The van der Waals surface area contributed by atoms with E-state index in [1.807, 2.05) is 6.20 Å². The number of rotatable bonds is 4. The summed E-state index contributed by atoms with van der Waals surface area (Å²) < 4.78 is 2.33. The SMILES string of the molecule is Cc1ccccc1CNc1nccn1C1CCCCC1. The van der Waals surface area contributed by atoms with Gasteiger partial charge in [0.15, 0.2) is 0 Å². The van der Waals surface area contributed by atoms with Gasteiger partial charge < -0.3 is 9.88 Å². The summed E-state index contributed by atoms with van der Waals surface area (Å²) in [4.78, 5) is 4.49. The highest BCUT2D eigenvalue weighted by atomic mass is 15.2. The third kappa shape index (κ3) is 2.87. The molecule has 0 aliphatic heterocycles. The van der Waals surface area contributed by atoms with Gasteiger partial charge in [0, 0.05) is 25.0 Å². The van der Waals surface area contributed by atoms with Gasteiger partial charge in [0.2, 0.25) is 5.95 Å². The lowest BCUT2D eigenvalue weighted by molar-refractivity contribution is 0.356. The summed E-state index contributed by atoms with van der Waals surface area (Å²) in [6.45, 7) is 3.00. The van der Waals surface area contributed by atoms with Crippen LogP contribution in [-0.2, 0) is 6.54 Å². The number of anilines is 1. The molecular weight excluding hydrogens is 246 g/mol. The van der Waals surface area contributed by atoms with Crippen molar-refractivity contribution < 1.29 is 0 Å². The van der Waals surface area contributed by atoms with Crippen molar-refractivity contribution in [2.24, 2.45) is 0 Å². The minimum Gasteiger partial charge on any atom is -0.352 e. The van der Waals surface area contributed by atoms with Crippen molar-refractivity contribution in [2.75, 3.05) is 5.32 Å². The van der Waals surface area contributed by atoms with E-state index in [1.54, 1.807) is 0 Å². The zero-order valence-electron chi connectivity index (χ0n) is 12.2. The van der Waals surface area contributed by atoms with E-state index >= 15 is 0 Å². The Labute approximate surface area is 121 Å². The first-order chi connectivity index (χ1) is 9.84. The molecule has 0 atom stereocenters. The lowest BCUT2D eigenvalue weighted by Crippen LogP contribution is -2.15. The molecule has 3 rings (SSSR count). The molecule has 1 aromatic heterocycles. The highest BCUT2D eigenvalue weighted by Gasteiger charge is 2.17. The Morgan fingerprint density at radius 3 is 2.80 bits per heavy atom. The molecule has 3 heteroatoms. The number of imidazole rings is 1. The molecule has 1 aromatic carbocycles. The van der Waals surface area contributed by atoms with E-state index in [1.165, 1.54) is 43.2 Å². The van der Waals surface area contributed by atoms with Crippen molar-refractivity contribution in [1.82, 2.24) is 9.55 Å². The minimum atomic E-state index is 0.630. The molecule has 0 amide bonds. The zero-order chi connectivity index (χ0) is 13.8. The molecule has 1 fully saturated rings. The molecule has 2 aromatic rings. The first kappa shape index (κ1) is 13.2. The van der Waals surface area contributed by atoms with Crippen molar-refractivity contribution in [2.45, 2.75) is 51.6 Å². The van der Waals surface area contributed by atoms with E-state index in [0.29, 0.717) is 6.04 Å². The average Bonchev–Trinajstić information content (AvgIpc) is 2.96. The van der Waals surface area contributed by atoms with E-state index in [-0.39, 0.29) is 0 Å². The van der Waals surface area contributed by atoms with E-state index < -0.39 is 0 Å². The van der Waals surface area contributed by atoms with Crippen LogP contribution in [0.3, 0.4) is 0 Å². The Kier molecular flexibility index (Phi) is 4.05. The van der Waals surface area contributed by atoms with Gasteiger partial charge in [-0.1, -0.05) is 43.5 Å². The van der Waals surface area contributed by atoms with E-state index in [2.05, 4.69) is 52.3 Å². The predicted octanol–water partition coefficient (Wildman–Crippen LogP) is 4.31. The maximum Gasteiger partial charge on any atom is 0.203 e. The van der Waals surface area contributed by atoms with Crippen molar-refractivity contribution in [3.63, 3.8) is 0 Å². The number of nitrogens with one attached hydrogen (secondary N) is 1. The molecule has 0 unspecified atom stereocenters. The third-order valence-corrected chi connectivity index (χ3v) is 4.33. The molecule has 1 aliphatic rings. The van der Waals surface area contributed by atoms with Crippen LogP contribution in [0.2, 0.25) is 0 Å². The van der Waals surface area contributed by atoms with Gasteiger partial charge in [-0.3, -0.25) is 0 Å². The molecular formula is C17H23N3. The number of hydrogen-bond acceptors (Lipinski definition) is 2. The standard InChI is InChI=1S/C17H23N3/c1-14-7-5-6-8-15(14)13-19-17-18-11-12-20(17)16-9-3-2-4-10-16/h5-8,11-12,16H,2-4,9-10,13H2,1H3,(H,18,19). The summed E-state index contributed by atoms with van der Waals surface area (Å²) in [6, 6.07) is 9.14. The molecule has 0 bridgehead atoms. The summed E-state index contributed by atoms with van der Waals surface area (Å²) in [5.74, 6) is 1.01. The fraction of sp³-hybridized carbons (Fsp3) is 0.471. The topological polar surface area (TPSA) is 29.9 Å². The van der Waals surface area contributed by atoms with Gasteiger partial charge in [-0.05, 0) is 30.9 Å². The zero-order valence-corrected chi connectivity index (χ0v) is 12.2. The van der Waals surface area contributed by atoms with E-state index in [4.69, 9.17) is 0 Å². The van der Waals surface area contributed by atoms with Gasteiger partial charge in [-0.15, -0.1) is 0 Å². The molecule has 20 heavy (non-hydrogen) atoms. The van der Waals surface area contributed by atoms with Crippen molar-refractivity contribution in [3.05, 3.63) is 47.8 Å². The quantitative estimate of drug-likeness (QED) is 0.896. The van der Waals surface area contributed by atoms with Crippen LogP contribution < -0.4 is 5.32 Å². The van der Waals surface area contributed by atoms with E-state index in [0.717, 1.165) is 12.5 Å². The highest BCUT2D eigenvalue weighted by Crippen LogP contribution is 2.30. The lowest BCUT2D eigenvalue weighted by atomic mass is 9.95. The Bertz CT molecular complexity index is 553. The fourth-order valence-electron chi connectivity index (χ4n) is 3.09. The van der Waals surface area contributed by atoms with Gasteiger partial charge in [-0.25, -0.2) is 4.98 Å². The summed E-state index contributed by atoms with van der Waals surface area (Å²) in [5.41, 5.74) is 2.67. The van der Waals surface area contributed by atoms with Crippen molar-refractivity contribution >= 4 is 5.95 Å². The number of hydrogen-bond donors (Lipinski definition) is 1. The number of aryl methyl sites for hydroxylation is 1. The fourth-order valence-corrected chi connectivity index (χ4v) is 3.09. The summed E-state index contributed by atoms with van der Waals surface area (Å²) in [7, 11) is 0. The monoisotopic (exact) mass is 269 g/mol. The highest BCUT2D eigenvalue weighted by molar-refractivity contribution is 5.33. The maximum absolute atomic E-state index is 4.49. The molecule has 1 heterocycles. The largest absolute Gasteiger partial charge is 0.352 e. The number of nitrogens with zero attached hydrogens (tertiary/aromatic N) is 2.